The Morgan fingerprint density at radius 1 is 0.762 bits per heavy atom. The van der Waals surface area contributed by atoms with Crippen LogP contribution in [0.3, 0.4) is 0 Å². The first kappa shape index (κ1) is 27.3. The molecule has 5 nitrogen and oxygen atoms in total. The second-order valence-corrected chi connectivity index (χ2v) is 12.9. The van der Waals surface area contributed by atoms with E-state index in [1.807, 2.05) is 84.9 Å². The molecule has 42 heavy (non-hydrogen) atoms. The molecule has 0 saturated carbocycles. The van der Waals surface area contributed by atoms with Crippen LogP contribution in [0.2, 0.25) is 0 Å². The number of rotatable bonds is 7. The number of carbonyl (C=O) groups is 1. The maximum Gasteiger partial charge on any atom is 0.340 e. The van der Waals surface area contributed by atoms with Crippen molar-refractivity contribution in [3.63, 3.8) is 0 Å². The van der Waals surface area contributed by atoms with E-state index < -0.39 is 18.9 Å². The molecule has 0 radical (unpaired) electrons. The van der Waals surface area contributed by atoms with E-state index >= 15 is 0 Å². The van der Waals surface area contributed by atoms with Gasteiger partial charge in [0.15, 0.2) is 0 Å². The maximum absolute atomic E-state index is 13.9. The number of phenols is 1. The number of hydrogen-bond donors (Lipinski definition) is 1. The van der Waals surface area contributed by atoms with Gasteiger partial charge in [-0.3, -0.25) is 0 Å². The highest BCUT2D eigenvalue weighted by atomic mass is 31.2. The first-order chi connectivity index (χ1) is 20.6. The van der Waals surface area contributed by atoms with Gasteiger partial charge in [0.05, 0.1) is 19.6 Å². The average Bonchev–Trinajstić information content (AvgIpc) is 3.04. The first-order valence-electron chi connectivity index (χ1n) is 13.9. The molecule has 5 aromatic rings. The Morgan fingerprint density at radius 3 is 1.76 bits per heavy atom. The van der Waals surface area contributed by atoms with Crippen molar-refractivity contribution in [1.29, 1.82) is 0 Å². The number of fused-ring (bicyclic) bond motifs is 1. The number of aromatic hydroxyl groups is 1. The Hall–Kier alpha value is -4.86. The molecule has 0 aliphatic carbocycles. The van der Waals surface area contributed by atoms with E-state index in [0.717, 1.165) is 27.0 Å². The molecular weight excluding hydrogens is 541 g/mol. The van der Waals surface area contributed by atoms with E-state index in [2.05, 4.69) is 36.4 Å². The van der Waals surface area contributed by atoms with Gasteiger partial charge >= 0.3 is 5.97 Å². The summed E-state index contributed by atoms with van der Waals surface area (Å²) in [6, 6.07) is 45.3. The number of esters is 1. The SMILES string of the molecule is CCOC(=O)C1=C(N=P(c2ccccc2)(c2ccccc2)c2ccccc2)Oc2cc(O)ccc2C1c1ccccc1. The fourth-order valence-electron chi connectivity index (χ4n) is 5.46. The smallest absolute Gasteiger partial charge is 0.340 e. The summed E-state index contributed by atoms with van der Waals surface area (Å²) in [6.07, 6.45) is 0. The van der Waals surface area contributed by atoms with E-state index in [9.17, 15) is 9.90 Å². The highest BCUT2D eigenvalue weighted by Crippen LogP contribution is 2.52. The molecule has 1 atom stereocenters. The van der Waals surface area contributed by atoms with Crippen molar-refractivity contribution < 1.29 is 19.4 Å². The lowest BCUT2D eigenvalue weighted by Crippen LogP contribution is -2.28. The Kier molecular flexibility index (Phi) is 7.76. The Labute approximate surface area is 245 Å². The largest absolute Gasteiger partial charge is 0.508 e. The van der Waals surface area contributed by atoms with Crippen LogP contribution in [-0.2, 0) is 9.53 Å². The van der Waals surface area contributed by atoms with Crippen LogP contribution < -0.4 is 20.7 Å². The number of nitrogens with zero attached hydrogens (tertiary/aromatic N) is 1. The average molecular weight is 572 g/mol. The normalized spacial score (nSPS) is 14.5. The molecule has 0 saturated heterocycles. The van der Waals surface area contributed by atoms with Crippen LogP contribution in [0.25, 0.3) is 0 Å². The summed E-state index contributed by atoms with van der Waals surface area (Å²) in [5.74, 6) is -0.309. The molecule has 1 aliphatic rings. The van der Waals surface area contributed by atoms with Gasteiger partial charge in [-0.15, -0.1) is 0 Å². The van der Waals surface area contributed by atoms with Crippen molar-refractivity contribution in [1.82, 2.24) is 0 Å². The van der Waals surface area contributed by atoms with E-state index in [1.54, 1.807) is 25.1 Å². The van der Waals surface area contributed by atoms with E-state index in [4.69, 9.17) is 14.2 Å². The van der Waals surface area contributed by atoms with Crippen LogP contribution in [0.1, 0.15) is 24.0 Å². The van der Waals surface area contributed by atoms with Crippen molar-refractivity contribution in [3.8, 4) is 11.5 Å². The Balaban J connectivity index is 1.76. The Bertz CT molecular complexity index is 1680. The van der Waals surface area contributed by atoms with E-state index in [0.29, 0.717) is 11.3 Å². The summed E-state index contributed by atoms with van der Waals surface area (Å²) in [6.45, 7) is 1.99. The lowest BCUT2D eigenvalue weighted by molar-refractivity contribution is -0.139. The van der Waals surface area contributed by atoms with Crippen molar-refractivity contribution >= 4 is 28.9 Å². The highest BCUT2D eigenvalue weighted by molar-refractivity contribution is 7.87. The van der Waals surface area contributed by atoms with Crippen LogP contribution >= 0.6 is 7.05 Å². The molecule has 0 amide bonds. The number of carbonyl (C=O) groups excluding carboxylic acids is 1. The molecule has 0 fully saturated rings. The third kappa shape index (κ3) is 5.04. The summed E-state index contributed by atoms with van der Waals surface area (Å²) in [4.78, 5) is 13.9. The zero-order valence-electron chi connectivity index (χ0n) is 23.1. The van der Waals surface area contributed by atoms with Gasteiger partial charge < -0.3 is 14.6 Å². The standard InChI is InChI=1S/C36H30NO4P/c1-2-40-36(39)34-33(26-15-7-3-8-16-26)31-24-23-27(38)25-32(31)41-35(34)37-42(28-17-9-4-10-18-28,29-19-11-5-12-20-29)30-21-13-6-14-22-30/h3-25,33,38H,2H2,1H3. The molecule has 1 aliphatic heterocycles. The minimum Gasteiger partial charge on any atom is -0.508 e. The van der Waals surface area contributed by atoms with Gasteiger partial charge in [-0.25, -0.2) is 9.54 Å². The predicted octanol–water partition coefficient (Wildman–Crippen LogP) is 6.87. The molecule has 6 heteroatoms. The Morgan fingerprint density at radius 2 is 1.26 bits per heavy atom. The van der Waals surface area contributed by atoms with Gasteiger partial charge in [-0.05, 0) is 18.6 Å². The summed E-state index contributed by atoms with van der Waals surface area (Å²) in [5.41, 5.74) is 1.98. The molecule has 5 aromatic carbocycles. The number of ether oxygens (including phenoxy) is 2. The van der Waals surface area contributed by atoms with Crippen LogP contribution in [0.4, 0.5) is 0 Å². The molecule has 0 spiro atoms. The predicted molar refractivity (Wildman–Crippen MR) is 168 cm³/mol. The van der Waals surface area contributed by atoms with Gasteiger partial charge in [0, 0.05) is 27.5 Å². The summed E-state index contributed by atoms with van der Waals surface area (Å²) >= 11 is 0. The third-order valence-corrected chi connectivity index (χ3v) is 10.9. The highest BCUT2D eigenvalue weighted by Gasteiger charge is 2.38. The molecular formula is C36H30NO4P. The fourth-order valence-corrected chi connectivity index (χ4v) is 8.93. The lowest BCUT2D eigenvalue weighted by atomic mass is 9.83. The van der Waals surface area contributed by atoms with Crippen molar-refractivity contribution in [2.45, 2.75) is 12.8 Å². The molecule has 0 bridgehead atoms. The monoisotopic (exact) mass is 571 g/mol. The summed E-state index contributed by atoms with van der Waals surface area (Å²) < 4.78 is 17.8. The number of hydrogen-bond acceptors (Lipinski definition) is 5. The zero-order valence-corrected chi connectivity index (χ0v) is 24.0. The second kappa shape index (κ2) is 11.9. The molecule has 1 heterocycles. The summed E-state index contributed by atoms with van der Waals surface area (Å²) in [7, 11) is -2.79. The maximum atomic E-state index is 13.9. The van der Waals surface area contributed by atoms with Gasteiger partial charge in [0.2, 0.25) is 5.88 Å². The molecule has 0 aromatic heterocycles. The van der Waals surface area contributed by atoms with E-state index in [1.165, 1.54) is 0 Å². The third-order valence-electron chi connectivity index (χ3n) is 7.29. The number of benzene rings is 5. The number of phenolic OH excluding ortho intramolecular Hbond substituents is 1. The second-order valence-electron chi connectivity index (χ2n) is 9.85. The van der Waals surface area contributed by atoms with Gasteiger partial charge in [-0.1, -0.05) is 127 Å². The van der Waals surface area contributed by atoms with Crippen LogP contribution in [0.5, 0.6) is 11.5 Å². The minimum absolute atomic E-state index is 0.0646. The van der Waals surface area contributed by atoms with Crippen LogP contribution in [-0.4, -0.2) is 17.7 Å². The van der Waals surface area contributed by atoms with Crippen LogP contribution in [0, 0.1) is 0 Å². The fraction of sp³-hybridized carbons (Fsp3) is 0.0833. The van der Waals surface area contributed by atoms with Crippen molar-refractivity contribution in [2.24, 2.45) is 4.74 Å². The lowest BCUT2D eigenvalue weighted by Gasteiger charge is -2.32. The topological polar surface area (TPSA) is 68.1 Å². The zero-order chi connectivity index (χ0) is 28.9. The quantitative estimate of drug-likeness (QED) is 0.171. The van der Waals surface area contributed by atoms with Crippen LogP contribution in [0.15, 0.2) is 156 Å². The minimum atomic E-state index is -2.79. The van der Waals surface area contributed by atoms with Gasteiger partial charge in [-0.2, -0.15) is 0 Å². The molecule has 1 unspecified atom stereocenters. The van der Waals surface area contributed by atoms with Crippen molar-refractivity contribution in [3.05, 3.63) is 162 Å². The first-order valence-corrected chi connectivity index (χ1v) is 15.6. The molecule has 1 N–H and O–H groups in total. The molecule has 6 rings (SSSR count). The van der Waals surface area contributed by atoms with Crippen molar-refractivity contribution in [2.75, 3.05) is 6.61 Å². The van der Waals surface area contributed by atoms with Gasteiger partial charge in [0.1, 0.15) is 17.1 Å². The molecule has 208 valence electrons. The summed E-state index contributed by atoms with van der Waals surface area (Å²) in [5, 5.41) is 13.5. The van der Waals surface area contributed by atoms with Gasteiger partial charge in [0.25, 0.3) is 0 Å². The van der Waals surface area contributed by atoms with E-state index in [-0.39, 0.29) is 18.2 Å².